The Hall–Kier alpha value is -0.880. The molecule has 2 rings (SSSR count). The van der Waals surface area contributed by atoms with Crippen LogP contribution in [-0.4, -0.2) is 37.6 Å². The smallest absolute Gasteiger partial charge is 0.171 e. The minimum Gasteiger partial charge on any atom is -0.397 e. The van der Waals surface area contributed by atoms with Crippen LogP contribution in [0.1, 0.15) is 12.5 Å². The third kappa shape index (κ3) is 2.84. The maximum absolute atomic E-state index is 12.2. The average molecular weight is 300 g/mol. The van der Waals surface area contributed by atoms with E-state index < -0.39 is 15.2 Å². The molecule has 0 aliphatic carbocycles. The molecule has 1 aromatic carbocycles. The van der Waals surface area contributed by atoms with Crippen molar-refractivity contribution in [2.45, 2.75) is 19.2 Å². The summed E-state index contributed by atoms with van der Waals surface area (Å²) in [6.07, 6.45) is 0. The van der Waals surface area contributed by atoms with Gasteiger partial charge in [-0.25, -0.2) is 8.42 Å². The monoisotopic (exact) mass is 300 g/mol. The van der Waals surface area contributed by atoms with Crippen molar-refractivity contribution >= 4 is 33.0 Å². The lowest BCUT2D eigenvalue weighted by Crippen LogP contribution is -2.48. The Morgan fingerprint density at radius 2 is 2.21 bits per heavy atom. The van der Waals surface area contributed by atoms with Crippen LogP contribution in [0, 0.1) is 6.92 Å². The summed E-state index contributed by atoms with van der Waals surface area (Å²) in [6, 6.07) is 5.79. The lowest BCUT2D eigenvalue weighted by molar-refractivity contribution is 0.580. The molecule has 0 radical (unpaired) electrons. The maximum Gasteiger partial charge on any atom is 0.171 e. The molecule has 0 spiro atoms. The maximum atomic E-state index is 12.2. The molecule has 106 valence electrons. The fraction of sp³-hybridized carbons (Fsp3) is 0.538. The SMILES string of the molecule is CCS(=O)(=O)C1CSCCN1c1cccc(C)c1N. The molecule has 2 N–H and O–H groups in total. The first-order valence-corrected chi connectivity index (χ1v) is 9.25. The van der Waals surface area contributed by atoms with Gasteiger partial charge in [-0.1, -0.05) is 19.1 Å². The van der Waals surface area contributed by atoms with E-state index in [0.717, 1.165) is 23.5 Å². The lowest BCUT2D eigenvalue weighted by Gasteiger charge is -2.37. The van der Waals surface area contributed by atoms with Crippen molar-refractivity contribution in [3.63, 3.8) is 0 Å². The Bertz CT molecular complexity index is 558. The van der Waals surface area contributed by atoms with Crippen molar-refractivity contribution in [3.8, 4) is 0 Å². The van der Waals surface area contributed by atoms with Gasteiger partial charge in [0.2, 0.25) is 0 Å². The predicted octanol–water partition coefficient (Wildman–Crippen LogP) is 1.89. The number of thioether (sulfide) groups is 1. The van der Waals surface area contributed by atoms with Gasteiger partial charge in [-0.2, -0.15) is 11.8 Å². The van der Waals surface area contributed by atoms with Crippen LogP contribution in [0.5, 0.6) is 0 Å². The van der Waals surface area contributed by atoms with Crippen molar-refractivity contribution in [2.75, 3.05) is 34.4 Å². The summed E-state index contributed by atoms with van der Waals surface area (Å²) >= 11 is 1.69. The number of sulfone groups is 1. The topological polar surface area (TPSA) is 63.4 Å². The fourth-order valence-electron chi connectivity index (χ4n) is 2.26. The number of benzene rings is 1. The number of para-hydroxylation sites is 1. The van der Waals surface area contributed by atoms with Crippen molar-refractivity contribution in [1.82, 2.24) is 0 Å². The summed E-state index contributed by atoms with van der Waals surface area (Å²) in [5.74, 6) is 1.72. The molecule has 1 unspecified atom stereocenters. The molecular weight excluding hydrogens is 280 g/mol. The standard InChI is InChI=1S/C13H20N2O2S2/c1-3-19(16,17)12-9-18-8-7-15(12)11-6-4-5-10(2)13(11)14/h4-6,12H,3,7-9,14H2,1-2H3. The zero-order valence-corrected chi connectivity index (χ0v) is 12.9. The summed E-state index contributed by atoms with van der Waals surface area (Å²) in [5.41, 5.74) is 8.64. The van der Waals surface area contributed by atoms with Gasteiger partial charge in [0.25, 0.3) is 0 Å². The first-order chi connectivity index (χ1) is 8.97. The van der Waals surface area contributed by atoms with E-state index in [2.05, 4.69) is 0 Å². The van der Waals surface area contributed by atoms with Gasteiger partial charge in [0, 0.05) is 23.8 Å². The van der Waals surface area contributed by atoms with E-state index in [1.165, 1.54) is 0 Å². The zero-order chi connectivity index (χ0) is 14.0. The highest BCUT2D eigenvalue weighted by molar-refractivity contribution is 8.01. The molecule has 1 aliphatic rings. The summed E-state index contributed by atoms with van der Waals surface area (Å²) in [4.78, 5) is 1.96. The number of aryl methyl sites for hydroxylation is 1. The van der Waals surface area contributed by atoms with Crippen LogP contribution in [-0.2, 0) is 9.84 Å². The molecule has 0 bridgehead atoms. The first kappa shape index (κ1) is 14.5. The Kier molecular flexibility index (Phi) is 4.30. The van der Waals surface area contributed by atoms with E-state index in [9.17, 15) is 8.42 Å². The molecule has 6 heteroatoms. The second-order valence-corrected chi connectivity index (χ2v) is 8.28. The number of nitrogens with two attached hydrogens (primary N) is 1. The van der Waals surface area contributed by atoms with Gasteiger partial charge < -0.3 is 10.6 Å². The summed E-state index contributed by atoms with van der Waals surface area (Å²) < 4.78 is 24.5. The van der Waals surface area contributed by atoms with E-state index >= 15 is 0 Å². The highest BCUT2D eigenvalue weighted by Crippen LogP contribution is 2.32. The van der Waals surface area contributed by atoms with E-state index in [4.69, 9.17) is 5.73 Å². The molecule has 4 nitrogen and oxygen atoms in total. The molecule has 0 saturated carbocycles. The van der Waals surface area contributed by atoms with Crippen LogP contribution in [0.15, 0.2) is 18.2 Å². The average Bonchev–Trinajstić information content (AvgIpc) is 2.42. The van der Waals surface area contributed by atoms with Crippen molar-refractivity contribution in [2.24, 2.45) is 0 Å². The fourth-order valence-corrected chi connectivity index (χ4v) is 5.25. The third-order valence-corrected chi connectivity index (χ3v) is 6.80. The van der Waals surface area contributed by atoms with E-state index in [1.807, 2.05) is 30.0 Å². The molecule has 1 atom stereocenters. The highest BCUT2D eigenvalue weighted by atomic mass is 32.2. The van der Waals surface area contributed by atoms with Gasteiger partial charge >= 0.3 is 0 Å². The Morgan fingerprint density at radius 3 is 2.89 bits per heavy atom. The van der Waals surface area contributed by atoms with E-state index in [1.54, 1.807) is 18.7 Å². The van der Waals surface area contributed by atoms with Gasteiger partial charge in [0.15, 0.2) is 9.84 Å². The number of rotatable bonds is 3. The van der Waals surface area contributed by atoms with Gasteiger partial charge in [-0.15, -0.1) is 0 Å². The molecule has 1 aliphatic heterocycles. The molecule has 0 amide bonds. The molecule has 1 saturated heterocycles. The zero-order valence-electron chi connectivity index (χ0n) is 11.3. The minimum absolute atomic E-state index is 0.167. The van der Waals surface area contributed by atoms with Crippen LogP contribution in [0.3, 0.4) is 0 Å². The molecule has 1 heterocycles. The first-order valence-electron chi connectivity index (χ1n) is 6.38. The largest absolute Gasteiger partial charge is 0.397 e. The van der Waals surface area contributed by atoms with E-state index in [-0.39, 0.29) is 5.75 Å². The minimum atomic E-state index is -3.10. The van der Waals surface area contributed by atoms with Crippen LogP contribution >= 0.6 is 11.8 Å². The van der Waals surface area contributed by atoms with Crippen molar-refractivity contribution in [3.05, 3.63) is 23.8 Å². The van der Waals surface area contributed by atoms with Crippen molar-refractivity contribution < 1.29 is 8.42 Å². The number of nitrogen functional groups attached to an aromatic ring is 1. The third-order valence-electron chi connectivity index (χ3n) is 3.51. The molecular formula is C13H20N2O2S2. The van der Waals surface area contributed by atoms with E-state index in [0.29, 0.717) is 11.4 Å². The number of hydrogen-bond donors (Lipinski definition) is 1. The number of anilines is 2. The molecule has 0 aromatic heterocycles. The number of hydrogen-bond acceptors (Lipinski definition) is 5. The summed E-state index contributed by atoms with van der Waals surface area (Å²) in [7, 11) is -3.10. The van der Waals surface area contributed by atoms with Gasteiger partial charge in [-0.3, -0.25) is 0 Å². The number of nitrogens with zero attached hydrogens (tertiary/aromatic N) is 1. The quantitative estimate of drug-likeness (QED) is 0.864. The molecule has 1 aromatic rings. The predicted molar refractivity (Wildman–Crippen MR) is 83.5 cm³/mol. The van der Waals surface area contributed by atoms with Crippen LogP contribution in [0.2, 0.25) is 0 Å². The highest BCUT2D eigenvalue weighted by Gasteiger charge is 2.33. The normalized spacial score (nSPS) is 20.5. The van der Waals surface area contributed by atoms with Crippen molar-refractivity contribution in [1.29, 1.82) is 0 Å². The van der Waals surface area contributed by atoms with Crippen LogP contribution in [0.4, 0.5) is 11.4 Å². The van der Waals surface area contributed by atoms with Gasteiger partial charge in [0.05, 0.1) is 11.4 Å². The van der Waals surface area contributed by atoms with Gasteiger partial charge in [-0.05, 0) is 18.6 Å². The summed E-state index contributed by atoms with van der Waals surface area (Å²) in [5, 5.41) is -0.458. The Balaban J connectivity index is 2.43. The van der Waals surface area contributed by atoms with Crippen LogP contribution < -0.4 is 10.6 Å². The Labute approximate surface area is 119 Å². The summed E-state index contributed by atoms with van der Waals surface area (Å²) in [6.45, 7) is 4.37. The second kappa shape index (κ2) is 5.63. The lowest BCUT2D eigenvalue weighted by atomic mass is 10.1. The second-order valence-electron chi connectivity index (χ2n) is 4.68. The van der Waals surface area contributed by atoms with Gasteiger partial charge in [0.1, 0.15) is 5.37 Å². The molecule has 1 fully saturated rings. The molecule has 19 heavy (non-hydrogen) atoms. The Morgan fingerprint density at radius 1 is 1.47 bits per heavy atom. The van der Waals surface area contributed by atoms with Crippen LogP contribution in [0.25, 0.3) is 0 Å².